The van der Waals surface area contributed by atoms with Gasteiger partial charge in [0.1, 0.15) is 11.8 Å². The molecule has 1 amide bonds. The number of aromatic nitrogens is 4. The van der Waals surface area contributed by atoms with E-state index in [0.717, 1.165) is 0 Å². The van der Waals surface area contributed by atoms with Gasteiger partial charge in [-0.3, -0.25) is 15.6 Å². The summed E-state index contributed by atoms with van der Waals surface area (Å²) in [6.45, 7) is 6.40. The van der Waals surface area contributed by atoms with Gasteiger partial charge in [0.25, 0.3) is 5.91 Å². The molecule has 7 heteroatoms. The van der Waals surface area contributed by atoms with Crippen molar-refractivity contribution in [1.82, 2.24) is 25.4 Å². The van der Waals surface area contributed by atoms with Crippen LogP contribution in [0.2, 0.25) is 0 Å². The van der Waals surface area contributed by atoms with Crippen molar-refractivity contribution in [2.75, 3.05) is 5.43 Å². The quantitative estimate of drug-likeness (QED) is 0.646. The van der Waals surface area contributed by atoms with Crippen molar-refractivity contribution in [2.24, 2.45) is 0 Å². The maximum absolute atomic E-state index is 12.2. The fraction of sp³-hybridized carbons (Fsp3) is 0.250. The van der Waals surface area contributed by atoms with E-state index in [4.69, 9.17) is 0 Å². The molecule has 2 heterocycles. The van der Waals surface area contributed by atoms with E-state index in [-0.39, 0.29) is 11.3 Å². The van der Waals surface area contributed by atoms with Gasteiger partial charge in [0.05, 0.1) is 6.33 Å². The SMILES string of the molecule is CC(C)(C)c1ccc(C(=O)NNc2ncnc3nc[nH]c23)cc1. The molecule has 0 aliphatic heterocycles. The van der Waals surface area contributed by atoms with Gasteiger partial charge in [0.15, 0.2) is 11.5 Å². The summed E-state index contributed by atoms with van der Waals surface area (Å²) in [5.74, 6) is 0.226. The number of benzene rings is 1. The maximum atomic E-state index is 12.2. The molecule has 118 valence electrons. The molecule has 0 spiro atoms. The summed E-state index contributed by atoms with van der Waals surface area (Å²) in [5.41, 5.74) is 8.40. The Kier molecular flexibility index (Phi) is 3.69. The number of hydrazine groups is 1. The fourth-order valence-electron chi connectivity index (χ4n) is 2.17. The second-order valence-corrected chi connectivity index (χ2v) is 6.23. The second kappa shape index (κ2) is 5.68. The first-order valence-electron chi connectivity index (χ1n) is 7.26. The molecule has 0 radical (unpaired) electrons. The van der Waals surface area contributed by atoms with Crippen LogP contribution in [0.1, 0.15) is 36.7 Å². The first-order valence-corrected chi connectivity index (χ1v) is 7.26. The number of nitrogens with zero attached hydrogens (tertiary/aromatic N) is 3. The molecule has 3 N–H and O–H groups in total. The molecule has 0 unspecified atom stereocenters. The van der Waals surface area contributed by atoms with E-state index in [2.05, 4.69) is 51.6 Å². The Balaban J connectivity index is 1.71. The van der Waals surface area contributed by atoms with Gasteiger partial charge in [0, 0.05) is 5.56 Å². The number of hydrogen-bond acceptors (Lipinski definition) is 5. The monoisotopic (exact) mass is 310 g/mol. The van der Waals surface area contributed by atoms with Crippen molar-refractivity contribution >= 4 is 22.9 Å². The summed E-state index contributed by atoms with van der Waals surface area (Å²) in [4.78, 5) is 27.3. The average Bonchev–Trinajstić information content (AvgIpc) is 3.01. The normalized spacial score (nSPS) is 11.4. The lowest BCUT2D eigenvalue weighted by Crippen LogP contribution is -2.30. The van der Waals surface area contributed by atoms with Gasteiger partial charge in [-0.25, -0.2) is 15.0 Å². The molecule has 2 aromatic heterocycles. The molecular formula is C16H18N6O. The topological polar surface area (TPSA) is 95.6 Å². The van der Waals surface area contributed by atoms with Crippen molar-refractivity contribution in [1.29, 1.82) is 0 Å². The summed E-state index contributed by atoms with van der Waals surface area (Å²) in [6, 6.07) is 7.55. The number of carbonyl (C=O) groups excluding carboxylic acids is 1. The lowest BCUT2D eigenvalue weighted by Gasteiger charge is -2.19. The molecule has 0 fully saturated rings. The Labute approximate surface area is 133 Å². The number of nitrogens with one attached hydrogen (secondary N) is 3. The van der Waals surface area contributed by atoms with Gasteiger partial charge in [-0.15, -0.1) is 0 Å². The zero-order chi connectivity index (χ0) is 16.4. The second-order valence-electron chi connectivity index (χ2n) is 6.23. The molecule has 1 aromatic carbocycles. The third kappa shape index (κ3) is 3.13. The lowest BCUT2D eigenvalue weighted by molar-refractivity contribution is 0.0962. The van der Waals surface area contributed by atoms with Crippen LogP contribution in [0.25, 0.3) is 11.2 Å². The highest BCUT2D eigenvalue weighted by Crippen LogP contribution is 2.22. The molecule has 0 atom stereocenters. The number of amides is 1. The van der Waals surface area contributed by atoms with Gasteiger partial charge >= 0.3 is 0 Å². The third-order valence-electron chi connectivity index (χ3n) is 3.53. The van der Waals surface area contributed by atoms with Gasteiger partial charge in [-0.1, -0.05) is 32.9 Å². The van der Waals surface area contributed by atoms with Crippen LogP contribution < -0.4 is 10.9 Å². The summed E-state index contributed by atoms with van der Waals surface area (Å²) in [5, 5.41) is 0. The summed E-state index contributed by atoms with van der Waals surface area (Å²) >= 11 is 0. The van der Waals surface area contributed by atoms with E-state index in [9.17, 15) is 4.79 Å². The number of anilines is 1. The predicted octanol–water partition coefficient (Wildman–Crippen LogP) is 2.41. The van der Waals surface area contributed by atoms with Gasteiger partial charge in [-0.05, 0) is 23.1 Å². The summed E-state index contributed by atoms with van der Waals surface area (Å²) in [6.07, 6.45) is 2.91. The largest absolute Gasteiger partial charge is 0.340 e. The molecule has 0 saturated carbocycles. The predicted molar refractivity (Wildman–Crippen MR) is 87.9 cm³/mol. The van der Waals surface area contributed by atoms with E-state index < -0.39 is 0 Å². The van der Waals surface area contributed by atoms with E-state index in [1.165, 1.54) is 18.2 Å². The number of rotatable bonds is 3. The third-order valence-corrected chi connectivity index (χ3v) is 3.53. The zero-order valence-electron chi connectivity index (χ0n) is 13.2. The van der Waals surface area contributed by atoms with Crippen LogP contribution in [-0.2, 0) is 5.41 Å². The Morgan fingerprint density at radius 3 is 2.52 bits per heavy atom. The Morgan fingerprint density at radius 1 is 1.09 bits per heavy atom. The van der Waals surface area contributed by atoms with E-state index >= 15 is 0 Å². The molecule has 0 aliphatic rings. The van der Waals surface area contributed by atoms with E-state index in [0.29, 0.717) is 22.5 Å². The van der Waals surface area contributed by atoms with E-state index in [1.807, 2.05) is 24.3 Å². The lowest BCUT2D eigenvalue weighted by atomic mass is 9.87. The molecule has 3 rings (SSSR count). The Morgan fingerprint density at radius 2 is 1.83 bits per heavy atom. The van der Waals surface area contributed by atoms with Gasteiger partial charge < -0.3 is 4.98 Å². The summed E-state index contributed by atoms with van der Waals surface area (Å²) < 4.78 is 0. The van der Waals surface area contributed by atoms with Crippen LogP contribution in [0.3, 0.4) is 0 Å². The maximum Gasteiger partial charge on any atom is 0.269 e. The number of imidazole rings is 1. The molecular weight excluding hydrogens is 292 g/mol. The van der Waals surface area contributed by atoms with Gasteiger partial charge in [-0.2, -0.15) is 0 Å². The smallest absolute Gasteiger partial charge is 0.269 e. The highest BCUT2D eigenvalue weighted by atomic mass is 16.2. The fourth-order valence-corrected chi connectivity index (χ4v) is 2.17. The highest BCUT2D eigenvalue weighted by Gasteiger charge is 2.14. The zero-order valence-corrected chi connectivity index (χ0v) is 13.2. The first-order chi connectivity index (χ1) is 10.9. The molecule has 7 nitrogen and oxygen atoms in total. The average molecular weight is 310 g/mol. The van der Waals surface area contributed by atoms with Crippen LogP contribution in [0.5, 0.6) is 0 Å². The van der Waals surface area contributed by atoms with Crippen molar-refractivity contribution in [2.45, 2.75) is 26.2 Å². The molecule has 0 saturated heterocycles. The molecule has 0 bridgehead atoms. The van der Waals surface area contributed by atoms with Crippen molar-refractivity contribution in [3.05, 3.63) is 48.0 Å². The number of fused-ring (bicyclic) bond motifs is 1. The number of H-pyrrole nitrogens is 1. The van der Waals surface area contributed by atoms with Crippen LogP contribution in [0.4, 0.5) is 5.82 Å². The Hall–Kier alpha value is -2.96. The van der Waals surface area contributed by atoms with E-state index in [1.54, 1.807) is 0 Å². The minimum atomic E-state index is -0.239. The first kappa shape index (κ1) is 15.0. The van der Waals surface area contributed by atoms with Crippen molar-refractivity contribution in [3.63, 3.8) is 0 Å². The van der Waals surface area contributed by atoms with Crippen molar-refractivity contribution in [3.8, 4) is 0 Å². The molecule has 23 heavy (non-hydrogen) atoms. The number of hydrogen-bond donors (Lipinski definition) is 3. The van der Waals surface area contributed by atoms with Crippen LogP contribution in [-0.4, -0.2) is 25.8 Å². The van der Waals surface area contributed by atoms with Crippen LogP contribution in [0, 0.1) is 0 Å². The van der Waals surface area contributed by atoms with Crippen LogP contribution in [0.15, 0.2) is 36.9 Å². The highest BCUT2D eigenvalue weighted by molar-refractivity contribution is 5.95. The summed E-state index contributed by atoms with van der Waals surface area (Å²) in [7, 11) is 0. The molecule has 0 aliphatic carbocycles. The van der Waals surface area contributed by atoms with Crippen LogP contribution >= 0.6 is 0 Å². The van der Waals surface area contributed by atoms with Gasteiger partial charge in [0.2, 0.25) is 0 Å². The minimum absolute atomic E-state index is 0.0560. The molecule has 3 aromatic rings. The number of carbonyl (C=O) groups is 1. The van der Waals surface area contributed by atoms with Crippen molar-refractivity contribution < 1.29 is 4.79 Å². The minimum Gasteiger partial charge on any atom is -0.340 e. The Bertz CT molecular complexity index is 832. The standard InChI is InChI=1S/C16H18N6O/c1-16(2,3)11-6-4-10(5-7-11)15(23)22-21-14-12-13(18-8-17-12)19-9-20-14/h4-9H,1-3H3,(H,22,23)(H2,17,18,19,20,21). The number of aromatic amines is 1.